The van der Waals surface area contributed by atoms with Gasteiger partial charge in [-0.2, -0.15) is 0 Å². The topological polar surface area (TPSA) is 61.9 Å². The minimum absolute atomic E-state index is 0.0639. The van der Waals surface area contributed by atoms with Gasteiger partial charge in [-0.1, -0.05) is 23.2 Å². The lowest BCUT2D eigenvalue weighted by atomic mass is 10.2. The third-order valence-electron chi connectivity index (χ3n) is 4.63. The predicted octanol–water partition coefficient (Wildman–Crippen LogP) is 3.08. The van der Waals surface area contributed by atoms with Gasteiger partial charge >= 0.3 is 0 Å². The molecule has 3 rings (SSSR count). The van der Waals surface area contributed by atoms with Crippen molar-refractivity contribution in [2.45, 2.75) is 0 Å². The number of amides is 2. The van der Waals surface area contributed by atoms with Crippen LogP contribution in [0.15, 0.2) is 42.5 Å². The zero-order valence-corrected chi connectivity index (χ0v) is 17.0. The fourth-order valence-corrected chi connectivity index (χ4v) is 3.37. The van der Waals surface area contributed by atoms with E-state index >= 15 is 0 Å². The predicted molar refractivity (Wildman–Crippen MR) is 111 cm³/mol. The van der Waals surface area contributed by atoms with Crippen molar-refractivity contribution in [1.29, 1.82) is 0 Å². The summed E-state index contributed by atoms with van der Waals surface area (Å²) in [6.45, 7) is 2.59. The van der Waals surface area contributed by atoms with Gasteiger partial charge in [0.15, 0.2) is 0 Å². The number of nitrogens with zero attached hydrogens (tertiary/aromatic N) is 2. The Bertz CT molecular complexity index is 850. The lowest BCUT2D eigenvalue weighted by Crippen LogP contribution is -2.51. The average molecular weight is 422 g/mol. The summed E-state index contributed by atoms with van der Waals surface area (Å²) in [5.41, 5.74) is 1.42. The van der Waals surface area contributed by atoms with Crippen molar-refractivity contribution in [2.75, 3.05) is 44.7 Å². The number of carbonyl (C=O) groups is 2. The van der Waals surface area contributed by atoms with E-state index in [1.165, 1.54) is 7.11 Å². The van der Waals surface area contributed by atoms with Crippen LogP contribution < -0.4 is 15.0 Å². The van der Waals surface area contributed by atoms with Crippen molar-refractivity contribution in [3.8, 4) is 5.75 Å². The summed E-state index contributed by atoms with van der Waals surface area (Å²) in [5, 5.41) is 3.83. The van der Waals surface area contributed by atoms with Crippen molar-refractivity contribution in [1.82, 2.24) is 10.2 Å². The maximum absolute atomic E-state index is 12.5. The normalized spacial score (nSPS) is 14.0. The number of nitrogens with one attached hydrogen (secondary N) is 1. The molecule has 0 unspecified atom stereocenters. The lowest BCUT2D eigenvalue weighted by molar-refractivity contribution is -0.130. The van der Waals surface area contributed by atoms with Crippen LogP contribution in [0.1, 0.15) is 10.4 Å². The number of hydrogen-bond donors (Lipinski definition) is 1. The van der Waals surface area contributed by atoms with Crippen LogP contribution in [-0.2, 0) is 4.79 Å². The minimum Gasteiger partial charge on any atom is -0.496 e. The summed E-state index contributed by atoms with van der Waals surface area (Å²) in [6.07, 6.45) is 0. The molecule has 2 aromatic carbocycles. The third kappa shape index (κ3) is 4.88. The fourth-order valence-electron chi connectivity index (χ4n) is 3.08. The number of halogens is 2. The molecule has 8 heteroatoms. The fraction of sp³-hybridized carbons (Fsp3) is 0.300. The van der Waals surface area contributed by atoms with Gasteiger partial charge in [-0.25, -0.2) is 0 Å². The van der Waals surface area contributed by atoms with Crippen molar-refractivity contribution in [3.05, 3.63) is 58.1 Å². The van der Waals surface area contributed by atoms with Crippen LogP contribution in [-0.4, -0.2) is 56.5 Å². The molecule has 1 aliphatic heterocycles. The Morgan fingerprint density at radius 2 is 1.64 bits per heavy atom. The first-order valence-corrected chi connectivity index (χ1v) is 9.63. The van der Waals surface area contributed by atoms with Crippen molar-refractivity contribution in [2.24, 2.45) is 0 Å². The second kappa shape index (κ2) is 9.17. The highest BCUT2D eigenvalue weighted by molar-refractivity contribution is 6.31. The van der Waals surface area contributed by atoms with Crippen LogP contribution in [0.25, 0.3) is 0 Å². The van der Waals surface area contributed by atoms with E-state index in [1.54, 1.807) is 23.1 Å². The van der Waals surface area contributed by atoms with E-state index in [2.05, 4.69) is 10.2 Å². The number of carbonyl (C=O) groups excluding carboxylic acids is 2. The smallest absolute Gasteiger partial charge is 0.255 e. The number of methoxy groups -OCH3 is 1. The van der Waals surface area contributed by atoms with Gasteiger partial charge in [0.05, 0.1) is 19.2 Å². The highest BCUT2D eigenvalue weighted by atomic mass is 35.5. The Morgan fingerprint density at radius 1 is 1.00 bits per heavy atom. The summed E-state index contributed by atoms with van der Waals surface area (Å²) < 4.78 is 5.18. The molecule has 1 aliphatic rings. The van der Waals surface area contributed by atoms with Crippen LogP contribution >= 0.6 is 23.2 Å². The number of benzene rings is 2. The third-order valence-corrected chi connectivity index (χ3v) is 5.12. The van der Waals surface area contributed by atoms with Gasteiger partial charge in [-0.05, 0) is 42.5 Å². The number of piperazine rings is 1. The Labute approximate surface area is 174 Å². The standard InChI is InChI=1S/C20H21Cl2N3O3/c1-28-18-12-15(22)4-7-17(18)20(27)23-13-19(26)25-10-8-24(9-11-25)16-5-2-14(21)3-6-16/h2-7,12H,8-11,13H2,1H3,(H,23,27). The number of ether oxygens (including phenoxy) is 1. The number of rotatable bonds is 5. The maximum Gasteiger partial charge on any atom is 0.255 e. The van der Waals surface area contributed by atoms with Gasteiger partial charge < -0.3 is 19.9 Å². The summed E-state index contributed by atoms with van der Waals surface area (Å²) in [5.74, 6) is -0.118. The summed E-state index contributed by atoms with van der Waals surface area (Å²) >= 11 is 11.8. The molecule has 6 nitrogen and oxygen atoms in total. The summed E-state index contributed by atoms with van der Waals surface area (Å²) in [4.78, 5) is 28.8. The first-order valence-electron chi connectivity index (χ1n) is 8.88. The average Bonchev–Trinajstić information content (AvgIpc) is 2.72. The number of hydrogen-bond acceptors (Lipinski definition) is 4. The zero-order chi connectivity index (χ0) is 20.1. The van der Waals surface area contributed by atoms with Crippen molar-refractivity contribution in [3.63, 3.8) is 0 Å². The van der Waals surface area contributed by atoms with Gasteiger partial charge in [0, 0.05) is 41.9 Å². The molecular formula is C20H21Cl2N3O3. The molecule has 1 saturated heterocycles. The summed E-state index contributed by atoms with van der Waals surface area (Å²) in [7, 11) is 1.47. The monoisotopic (exact) mass is 421 g/mol. The van der Waals surface area contributed by atoms with E-state index in [-0.39, 0.29) is 18.4 Å². The molecule has 0 radical (unpaired) electrons. The Morgan fingerprint density at radius 3 is 2.29 bits per heavy atom. The van der Waals surface area contributed by atoms with E-state index in [9.17, 15) is 9.59 Å². The van der Waals surface area contributed by atoms with Gasteiger partial charge in [-0.3, -0.25) is 9.59 Å². The van der Waals surface area contributed by atoms with Gasteiger partial charge in [-0.15, -0.1) is 0 Å². The molecule has 0 bridgehead atoms. The van der Waals surface area contributed by atoms with E-state index in [0.717, 1.165) is 18.8 Å². The molecule has 1 N–H and O–H groups in total. The highest BCUT2D eigenvalue weighted by Crippen LogP contribution is 2.23. The van der Waals surface area contributed by atoms with E-state index in [4.69, 9.17) is 27.9 Å². The van der Waals surface area contributed by atoms with Crippen molar-refractivity contribution >= 4 is 40.7 Å². The van der Waals surface area contributed by atoms with Crippen LogP contribution in [0.3, 0.4) is 0 Å². The van der Waals surface area contributed by atoms with Gasteiger partial charge in [0.2, 0.25) is 5.91 Å². The van der Waals surface area contributed by atoms with Crippen LogP contribution in [0.2, 0.25) is 10.0 Å². The molecule has 0 saturated carbocycles. The molecular weight excluding hydrogens is 401 g/mol. The lowest BCUT2D eigenvalue weighted by Gasteiger charge is -2.36. The molecule has 2 aromatic rings. The molecule has 2 amide bonds. The molecule has 0 aromatic heterocycles. The molecule has 0 aliphatic carbocycles. The second-order valence-corrected chi connectivity index (χ2v) is 7.24. The Kier molecular flexibility index (Phi) is 6.65. The molecule has 28 heavy (non-hydrogen) atoms. The van der Waals surface area contributed by atoms with E-state index in [1.807, 2.05) is 24.3 Å². The Hall–Kier alpha value is -2.44. The molecule has 0 spiro atoms. The summed E-state index contributed by atoms with van der Waals surface area (Å²) in [6, 6.07) is 12.4. The van der Waals surface area contributed by atoms with Gasteiger partial charge in [0.25, 0.3) is 5.91 Å². The first kappa shape index (κ1) is 20.3. The van der Waals surface area contributed by atoms with Gasteiger partial charge in [0.1, 0.15) is 5.75 Å². The highest BCUT2D eigenvalue weighted by Gasteiger charge is 2.22. The minimum atomic E-state index is -0.373. The Balaban J connectivity index is 1.51. The SMILES string of the molecule is COc1cc(Cl)ccc1C(=O)NCC(=O)N1CCN(c2ccc(Cl)cc2)CC1. The molecule has 1 heterocycles. The van der Waals surface area contributed by atoms with Crippen molar-refractivity contribution < 1.29 is 14.3 Å². The largest absolute Gasteiger partial charge is 0.496 e. The molecule has 0 atom stereocenters. The van der Waals surface area contributed by atoms with Crippen LogP contribution in [0, 0.1) is 0 Å². The number of anilines is 1. The molecule has 1 fully saturated rings. The molecule has 148 valence electrons. The first-order chi connectivity index (χ1) is 13.5. The van der Waals surface area contributed by atoms with Crippen LogP contribution in [0.5, 0.6) is 5.75 Å². The quantitative estimate of drug-likeness (QED) is 0.805. The maximum atomic E-state index is 12.5. The second-order valence-electron chi connectivity index (χ2n) is 6.37. The van der Waals surface area contributed by atoms with Crippen LogP contribution in [0.4, 0.5) is 5.69 Å². The van der Waals surface area contributed by atoms with E-state index < -0.39 is 0 Å². The van der Waals surface area contributed by atoms with E-state index in [0.29, 0.717) is 34.4 Å². The zero-order valence-electron chi connectivity index (χ0n) is 15.5.